The highest BCUT2D eigenvalue weighted by Crippen LogP contribution is 2.24. The second-order valence-corrected chi connectivity index (χ2v) is 7.14. The molecule has 0 atom stereocenters. The molecule has 0 unspecified atom stereocenters. The summed E-state index contributed by atoms with van der Waals surface area (Å²) in [4.78, 5) is 25.5. The summed E-state index contributed by atoms with van der Waals surface area (Å²) in [5, 5.41) is 3.80. The van der Waals surface area contributed by atoms with Crippen molar-refractivity contribution < 1.29 is 4.79 Å². The van der Waals surface area contributed by atoms with Gasteiger partial charge in [0.25, 0.3) is 5.91 Å². The summed E-state index contributed by atoms with van der Waals surface area (Å²) < 4.78 is 2.07. The van der Waals surface area contributed by atoms with E-state index in [4.69, 9.17) is 0 Å². The SMILES string of the molecule is O=C(NC1CCCCCCC1)c1cn2c3c(cccc3c1=O)CC2. The number of carbonyl (C=O) groups excluding carboxylic acids is 1. The number of nitrogens with one attached hydrogen (secondary N) is 1. The van der Waals surface area contributed by atoms with Gasteiger partial charge in [-0.25, -0.2) is 0 Å². The van der Waals surface area contributed by atoms with E-state index < -0.39 is 0 Å². The van der Waals surface area contributed by atoms with Gasteiger partial charge in [0.1, 0.15) is 5.56 Å². The molecule has 2 heterocycles. The van der Waals surface area contributed by atoms with Gasteiger partial charge in [0.15, 0.2) is 0 Å². The summed E-state index contributed by atoms with van der Waals surface area (Å²) in [5.74, 6) is -0.200. The van der Waals surface area contributed by atoms with Crippen LogP contribution in [0, 0.1) is 0 Å². The van der Waals surface area contributed by atoms with Crippen molar-refractivity contribution in [2.75, 3.05) is 0 Å². The number of rotatable bonds is 2. The zero-order chi connectivity index (χ0) is 16.5. The Hall–Kier alpha value is -2.10. The third-order valence-electron chi connectivity index (χ3n) is 5.49. The van der Waals surface area contributed by atoms with Crippen molar-refractivity contribution in [3.8, 4) is 0 Å². The summed E-state index contributed by atoms with van der Waals surface area (Å²) in [6, 6.07) is 6.04. The molecular formula is C20H24N2O2. The van der Waals surface area contributed by atoms with E-state index in [0.29, 0.717) is 10.9 Å². The predicted molar refractivity (Wildman–Crippen MR) is 95.5 cm³/mol. The Kier molecular flexibility index (Phi) is 4.13. The number of aromatic nitrogens is 1. The highest BCUT2D eigenvalue weighted by atomic mass is 16.2. The number of amides is 1. The molecule has 1 N–H and O–H groups in total. The molecule has 4 nitrogen and oxygen atoms in total. The lowest BCUT2D eigenvalue weighted by Gasteiger charge is -2.21. The van der Waals surface area contributed by atoms with E-state index in [1.54, 1.807) is 6.20 Å². The molecule has 1 aromatic heterocycles. The van der Waals surface area contributed by atoms with Crippen LogP contribution in [0.3, 0.4) is 0 Å². The van der Waals surface area contributed by atoms with Gasteiger partial charge in [0, 0.05) is 24.2 Å². The lowest BCUT2D eigenvalue weighted by atomic mass is 9.96. The number of benzene rings is 1. The predicted octanol–water partition coefficient (Wildman–Crippen LogP) is 3.40. The van der Waals surface area contributed by atoms with Crippen LogP contribution in [0.25, 0.3) is 10.9 Å². The third-order valence-corrected chi connectivity index (χ3v) is 5.49. The number of nitrogens with zero attached hydrogens (tertiary/aromatic N) is 1. The lowest BCUT2D eigenvalue weighted by molar-refractivity contribution is 0.0929. The van der Waals surface area contributed by atoms with Gasteiger partial charge in [-0.05, 0) is 30.9 Å². The van der Waals surface area contributed by atoms with Crippen molar-refractivity contribution in [2.24, 2.45) is 0 Å². The zero-order valence-electron chi connectivity index (χ0n) is 14.0. The van der Waals surface area contributed by atoms with Crippen LogP contribution < -0.4 is 10.7 Å². The first-order valence-corrected chi connectivity index (χ1v) is 9.20. The number of pyridine rings is 1. The Morgan fingerprint density at radius 1 is 1.08 bits per heavy atom. The first-order valence-electron chi connectivity index (χ1n) is 9.20. The van der Waals surface area contributed by atoms with Gasteiger partial charge in [-0.3, -0.25) is 9.59 Å². The molecule has 1 amide bonds. The summed E-state index contributed by atoms with van der Waals surface area (Å²) in [5.41, 5.74) is 2.37. The summed E-state index contributed by atoms with van der Waals surface area (Å²) >= 11 is 0. The van der Waals surface area contributed by atoms with Crippen molar-refractivity contribution in [2.45, 2.75) is 64.0 Å². The van der Waals surface area contributed by atoms with Crippen molar-refractivity contribution >= 4 is 16.8 Å². The van der Waals surface area contributed by atoms with Crippen molar-refractivity contribution in [3.05, 3.63) is 45.7 Å². The quantitative estimate of drug-likeness (QED) is 0.920. The molecule has 0 spiro atoms. The first kappa shape index (κ1) is 15.4. The van der Waals surface area contributed by atoms with E-state index in [9.17, 15) is 9.59 Å². The molecule has 0 saturated heterocycles. The largest absolute Gasteiger partial charge is 0.349 e. The number of hydrogen-bond acceptors (Lipinski definition) is 2. The highest BCUT2D eigenvalue weighted by molar-refractivity contribution is 5.98. The highest BCUT2D eigenvalue weighted by Gasteiger charge is 2.22. The van der Waals surface area contributed by atoms with Crippen LogP contribution in [-0.2, 0) is 13.0 Å². The zero-order valence-corrected chi connectivity index (χ0v) is 14.0. The van der Waals surface area contributed by atoms with Gasteiger partial charge >= 0.3 is 0 Å². The molecule has 2 aromatic rings. The molecule has 4 rings (SSSR count). The van der Waals surface area contributed by atoms with E-state index in [1.807, 2.05) is 12.1 Å². The van der Waals surface area contributed by atoms with E-state index in [1.165, 1.54) is 24.8 Å². The maximum absolute atomic E-state index is 12.8. The molecular weight excluding hydrogens is 300 g/mol. The van der Waals surface area contributed by atoms with Crippen LogP contribution in [0.4, 0.5) is 0 Å². The molecule has 1 aliphatic heterocycles. The molecule has 1 saturated carbocycles. The number of carbonyl (C=O) groups is 1. The van der Waals surface area contributed by atoms with Crippen LogP contribution >= 0.6 is 0 Å². The summed E-state index contributed by atoms with van der Waals surface area (Å²) in [6.07, 6.45) is 10.9. The van der Waals surface area contributed by atoms with Gasteiger partial charge in [0.2, 0.25) is 5.43 Å². The minimum Gasteiger partial charge on any atom is -0.349 e. The van der Waals surface area contributed by atoms with Crippen LogP contribution in [0.15, 0.2) is 29.2 Å². The Morgan fingerprint density at radius 3 is 2.62 bits per heavy atom. The topological polar surface area (TPSA) is 51.1 Å². The Bertz CT molecular complexity index is 829. The van der Waals surface area contributed by atoms with E-state index in [2.05, 4.69) is 16.0 Å². The summed E-state index contributed by atoms with van der Waals surface area (Å²) in [6.45, 7) is 0.847. The fraction of sp³-hybridized carbons (Fsp3) is 0.500. The van der Waals surface area contributed by atoms with Gasteiger partial charge in [0.05, 0.1) is 5.52 Å². The minimum atomic E-state index is -0.200. The number of hydrogen-bond donors (Lipinski definition) is 1. The molecule has 4 heteroatoms. The van der Waals surface area contributed by atoms with Crippen LogP contribution in [0.1, 0.15) is 60.9 Å². The first-order chi connectivity index (χ1) is 11.7. The molecule has 1 aromatic carbocycles. The van der Waals surface area contributed by atoms with Crippen LogP contribution in [-0.4, -0.2) is 16.5 Å². The maximum atomic E-state index is 12.8. The molecule has 2 aliphatic rings. The fourth-order valence-electron chi connectivity index (χ4n) is 4.18. The second kappa shape index (κ2) is 6.42. The maximum Gasteiger partial charge on any atom is 0.256 e. The second-order valence-electron chi connectivity index (χ2n) is 7.14. The van der Waals surface area contributed by atoms with Gasteiger partial charge < -0.3 is 9.88 Å². The molecule has 1 aliphatic carbocycles. The molecule has 0 radical (unpaired) electrons. The van der Waals surface area contributed by atoms with Gasteiger partial charge in [-0.2, -0.15) is 0 Å². The molecule has 24 heavy (non-hydrogen) atoms. The summed E-state index contributed by atoms with van der Waals surface area (Å²) in [7, 11) is 0. The van der Waals surface area contributed by atoms with Crippen LogP contribution in [0.2, 0.25) is 0 Å². The molecule has 1 fully saturated rings. The molecule has 126 valence electrons. The Labute approximate surface area is 141 Å². The number of aryl methyl sites for hydroxylation is 2. The third kappa shape index (κ3) is 2.74. The lowest BCUT2D eigenvalue weighted by Crippen LogP contribution is -2.38. The average Bonchev–Trinajstić information content (AvgIpc) is 2.97. The monoisotopic (exact) mass is 324 g/mol. The standard InChI is InChI=1S/C20H24N2O2/c23-19-16-10-6-7-14-11-12-22(18(14)16)13-17(19)20(24)21-15-8-4-2-1-3-5-9-15/h6-7,10,13,15H,1-5,8-9,11-12H2,(H,21,24). The van der Waals surface area contributed by atoms with E-state index in [0.717, 1.165) is 44.2 Å². The van der Waals surface area contributed by atoms with E-state index in [-0.39, 0.29) is 17.4 Å². The average molecular weight is 324 g/mol. The van der Waals surface area contributed by atoms with Gasteiger partial charge in [-0.15, -0.1) is 0 Å². The number of para-hydroxylation sites is 1. The fourth-order valence-corrected chi connectivity index (χ4v) is 4.18. The minimum absolute atomic E-state index is 0.131. The van der Waals surface area contributed by atoms with Crippen molar-refractivity contribution in [1.82, 2.24) is 9.88 Å². The van der Waals surface area contributed by atoms with Gasteiger partial charge in [-0.1, -0.05) is 44.2 Å². The van der Waals surface area contributed by atoms with Crippen molar-refractivity contribution in [1.29, 1.82) is 0 Å². The van der Waals surface area contributed by atoms with Crippen LogP contribution in [0.5, 0.6) is 0 Å². The van der Waals surface area contributed by atoms with Crippen molar-refractivity contribution in [3.63, 3.8) is 0 Å². The Morgan fingerprint density at radius 2 is 1.83 bits per heavy atom. The molecule has 0 bridgehead atoms. The van der Waals surface area contributed by atoms with E-state index >= 15 is 0 Å². The smallest absolute Gasteiger partial charge is 0.256 e. The Balaban J connectivity index is 1.63. The normalized spacial score (nSPS) is 18.3.